The van der Waals surface area contributed by atoms with E-state index in [-0.39, 0.29) is 12.3 Å². The van der Waals surface area contributed by atoms with Gasteiger partial charge in [0.25, 0.3) is 0 Å². The number of nitrogens with zero attached hydrogens (tertiary/aromatic N) is 7. The van der Waals surface area contributed by atoms with Gasteiger partial charge in [-0.05, 0) is 51.5 Å². The number of hydrogen-bond donors (Lipinski definition) is 2. The summed E-state index contributed by atoms with van der Waals surface area (Å²) in [6.07, 6.45) is 4.60. The van der Waals surface area contributed by atoms with Crippen LogP contribution >= 0.6 is 12.3 Å². The molecule has 2 fully saturated rings. The van der Waals surface area contributed by atoms with Crippen LogP contribution in [0.3, 0.4) is 0 Å². The number of anilines is 3. The standard InChI is InChI=1S/C26H32FN9S/c1-33-10-5-18(6-11-33)31-26-20(15-28)25(34-13-8-29-9-14-34)19-7-12-35(17-22(19)32-26)23-3-2-4-24-21(23)16-30-36(24)37-27/h2-4,16,18,29H,5-14,17H2,1H3,(H,31,32). The van der Waals surface area contributed by atoms with Crippen LogP contribution in [0.5, 0.6) is 0 Å². The first-order valence-corrected chi connectivity index (χ1v) is 13.7. The maximum atomic E-state index is 13.4. The van der Waals surface area contributed by atoms with Crippen molar-refractivity contribution >= 4 is 40.4 Å². The molecule has 9 nitrogen and oxygen atoms in total. The Morgan fingerprint density at radius 3 is 2.70 bits per heavy atom. The average molecular weight is 522 g/mol. The van der Waals surface area contributed by atoms with E-state index in [9.17, 15) is 9.15 Å². The Kier molecular flexibility index (Phi) is 6.80. The number of pyridine rings is 1. The van der Waals surface area contributed by atoms with Crippen molar-refractivity contribution in [2.75, 3.05) is 68.0 Å². The third kappa shape index (κ3) is 4.58. The third-order valence-corrected chi connectivity index (χ3v) is 8.32. The van der Waals surface area contributed by atoms with Gasteiger partial charge in [0.15, 0.2) is 12.3 Å². The summed E-state index contributed by atoms with van der Waals surface area (Å²) in [5, 5.41) is 22.6. The van der Waals surface area contributed by atoms with Gasteiger partial charge in [0, 0.05) is 55.4 Å². The van der Waals surface area contributed by atoms with Crippen molar-refractivity contribution in [3.8, 4) is 6.07 Å². The summed E-state index contributed by atoms with van der Waals surface area (Å²) in [7, 11) is 2.15. The minimum absolute atomic E-state index is 0.111. The first kappa shape index (κ1) is 24.3. The fourth-order valence-corrected chi connectivity index (χ4v) is 6.22. The summed E-state index contributed by atoms with van der Waals surface area (Å²) in [5.41, 5.74) is 5.72. The Balaban J connectivity index is 1.39. The monoisotopic (exact) mass is 521 g/mol. The lowest BCUT2D eigenvalue weighted by Crippen LogP contribution is -2.45. The summed E-state index contributed by atoms with van der Waals surface area (Å²) in [6, 6.07) is 8.74. The van der Waals surface area contributed by atoms with E-state index < -0.39 is 0 Å². The van der Waals surface area contributed by atoms with Crippen LogP contribution in [0.15, 0.2) is 24.4 Å². The van der Waals surface area contributed by atoms with Crippen LogP contribution in [-0.4, -0.2) is 78.0 Å². The van der Waals surface area contributed by atoms with Crippen LogP contribution in [0.1, 0.15) is 29.7 Å². The van der Waals surface area contributed by atoms with E-state index in [0.29, 0.717) is 24.0 Å². The molecule has 3 aliphatic rings. The molecule has 0 unspecified atom stereocenters. The zero-order chi connectivity index (χ0) is 25.4. The molecular formula is C26H32FN9S. The van der Waals surface area contributed by atoms with Gasteiger partial charge in [0.2, 0.25) is 0 Å². The number of halogens is 1. The number of piperazine rings is 1. The molecule has 3 aromatic rings. The first-order chi connectivity index (χ1) is 18.2. The van der Waals surface area contributed by atoms with Crippen LogP contribution < -0.4 is 20.4 Å². The van der Waals surface area contributed by atoms with E-state index in [1.807, 2.05) is 12.1 Å². The van der Waals surface area contributed by atoms with Crippen molar-refractivity contribution in [3.05, 3.63) is 41.2 Å². The maximum absolute atomic E-state index is 13.4. The van der Waals surface area contributed by atoms with Crippen molar-refractivity contribution in [2.24, 2.45) is 0 Å². The quantitative estimate of drug-likeness (QED) is 0.526. The molecule has 0 spiro atoms. The van der Waals surface area contributed by atoms with Gasteiger partial charge in [-0.3, -0.25) is 0 Å². The second-order valence-corrected chi connectivity index (χ2v) is 10.6. The van der Waals surface area contributed by atoms with Crippen LogP contribution in [0.4, 0.5) is 21.1 Å². The summed E-state index contributed by atoms with van der Waals surface area (Å²) < 4.78 is 14.7. The molecule has 194 valence electrons. The fraction of sp³-hybridized carbons (Fsp3) is 0.500. The van der Waals surface area contributed by atoms with Crippen LogP contribution in [0.25, 0.3) is 10.9 Å². The van der Waals surface area contributed by atoms with Gasteiger partial charge in [-0.25, -0.2) is 4.98 Å². The zero-order valence-electron chi connectivity index (χ0n) is 21.1. The SMILES string of the molecule is CN1CCC(Nc2nc3c(c(N4CCNCC4)c2C#N)CCN(c2cccc4c2cnn4SF)C3)CC1. The molecule has 0 radical (unpaired) electrons. The van der Waals surface area contributed by atoms with Crippen molar-refractivity contribution in [3.63, 3.8) is 0 Å². The van der Waals surface area contributed by atoms with Crippen molar-refractivity contribution < 1.29 is 3.89 Å². The first-order valence-electron chi connectivity index (χ1n) is 13.0. The van der Waals surface area contributed by atoms with Crippen LogP contribution in [0, 0.1) is 11.3 Å². The van der Waals surface area contributed by atoms with E-state index >= 15 is 0 Å². The Bertz CT molecular complexity index is 1320. The highest BCUT2D eigenvalue weighted by atomic mass is 32.2. The number of aromatic nitrogens is 3. The Morgan fingerprint density at radius 2 is 1.95 bits per heavy atom. The van der Waals surface area contributed by atoms with E-state index in [2.05, 4.69) is 49.6 Å². The van der Waals surface area contributed by atoms with Crippen molar-refractivity contribution in [1.29, 1.82) is 5.26 Å². The fourth-order valence-electron chi connectivity index (χ4n) is 5.90. The Labute approximate surface area is 221 Å². The molecule has 0 saturated carbocycles. The maximum Gasteiger partial charge on any atom is 0.188 e. The van der Waals surface area contributed by atoms with Crippen LogP contribution in [-0.2, 0) is 13.0 Å². The van der Waals surface area contributed by atoms with E-state index in [4.69, 9.17) is 4.98 Å². The Hall–Kier alpha value is -3.07. The number of nitrogens with one attached hydrogen (secondary N) is 2. The molecule has 2 saturated heterocycles. The van der Waals surface area contributed by atoms with Gasteiger partial charge in [0.1, 0.15) is 17.5 Å². The molecule has 2 N–H and O–H groups in total. The van der Waals surface area contributed by atoms with Gasteiger partial charge < -0.3 is 25.3 Å². The molecule has 6 rings (SSSR count). The topological polar surface area (TPSA) is 88.3 Å². The minimum atomic E-state index is 0.111. The molecule has 0 aliphatic carbocycles. The molecular weight excluding hydrogens is 489 g/mol. The van der Waals surface area contributed by atoms with E-state index in [1.165, 1.54) is 9.65 Å². The highest BCUT2D eigenvalue weighted by Gasteiger charge is 2.30. The third-order valence-electron chi connectivity index (χ3n) is 7.90. The van der Waals surface area contributed by atoms with E-state index in [1.54, 1.807) is 6.20 Å². The smallest absolute Gasteiger partial charge is 0.188 e. The second-order valence-electron chi connectivity index (χ2n) is 10.1. The van der Waals surface area contributed by atoms with Crippen molar-refractivity contribution in [1.82, 2.24) is 24.4 Å². The van der Waals surface area contributed by atoms with Gasteiger partial charge in [-0.2, -0.15) is 14.4 Å². The number of fused-ring (bicyclic) bond motifs is 2. The van der Waals surface area contributed by atoms with E-state index in [0.717, 1.165) is 93.0 Å². The summed E-state index contributed by atoms with van der Waals surface area (Å²) in [5.74, 6) is 0.714. The summed E-state index contributed by atoms with van der Waals surface area (Å²) >= 11 is 0.111. The largest absolute Gasteiger partial charge is 0.368 e. The summed E-state index contributed by atoms with van der Waals surface area (Å²) in [4.78, 5) is 12.1. The molecule has 3 aliphatic heterocycles. The molecule has 0 bridgehead atoms. The number of piperidine rings is 1. The molecule has 11 heteroatoms. The predicted molar refractivity (Wildman–Crippen MR) is 147 cm³/mol. The lowest BCUT2D eigenvalue weighted by molar-refractivity contribution is 0.263. The minimum Gasteiger partial charge on any atom is -0.368 e. The lowest BCUT2D eigenvalue weighted by Gasteiger charge is -2.37. The Morgan fingerprint density at radius 1 is 1.14 bits per heavy atom. The van der Waals surface area contributed by atoms with Gasteiger partial charge in [-0.1, -0.05) is 6.07 Å². The number of hydrogen-bond acceptors (Lipinski definition) is 9. The molecule has 1 aromatic carbocycles. The normalized spacial score (nSPS) is 19.2. The van der Waals surface area contributed by atoms with Crippen LogP contribution in [0.2, 0.25) is 0 Å². The predicted octanol–water partition coefficient (Wildman–Crippen LogP) is 3.16. The van der Waals surface area contributed by atoms with Gasteiger partial charge in [-0.15, -0.1) is 3.89 Å². The second kappa shape index (κ2) is 10.4. The van der Waals surface area contributed by atoms with Crippen molar-refractivity contribution in [2.45, 2.75) is 31.8 Å². The molecule has 0 amide bonds. The molecule has 0 atom stereocenters. The molecule has 5 heterocycles. The lowest BCUT2D eigenvalue weighted by atomic mass is 9.96. The number of benzene rings is 1. The molecule has 2 aromatic heterocycles. The highest BCUT2D eigenvalue weighted by molar-refractivity contribution is 7.92. The number of likely N-dealkylation sites (tertiary alicyclic amines) is 1. The molecule has 37 heavy (non-hydrogen) atoms. The average Bonchev–Trinajstić information content (AvgIpc) is 3.37. The zero-order valence-corrected chi connectivity index (χ0v) is 21.9. The van der Waals surface area contributed by atoms with Gasteiger partial charge >= 0.3 is 0 Å². The number of rotatable bonds is 5. The summed E-state index contributed by atoms with van der Waals surface area (Å²) in [6.45, 7) is 7.08. The number of nitriles is 1. The highest BCUT2D eigenvalue weighted by Crippen LogP contribution is 2.38. The van der Waals surface area contributed by atoms with Gasteiger partial charge in [0.05, 0.1) is 29.6 Å².